The highest BCUT2D eigenvalue weighted by Gasteiger charge is 2.24. The van der Waals surface area contributed by atoms with Crippen molar-refractivity contribution in [3.8, 4) is 0 Å². The van der Waals surface area contributed by atoms with Crippen LogP contribution in [0.15, 0.2) is 18.2 Å². The van der Waals surface area contributed by atoms with Crippen LogP contribution in [0.4, 0.5) is 5.69 Å². The first-order valence-corrected chi connectivity index (χ1v) is 8.66. The Morgan fingerprint density at radius 2 is 1.78 bits per heavy atom. The zero-order valence-electron chi connectivity index (χ0n) is 15.2. The van der Waals surface area contributed by atoms with Gasteiger partial charge in [-0.25, -0.2) is 9.59 Å². The molecule has 1 saturated carbocycles. The van der Waals surface area contributed by atoms with E-state index in [1.165, 1.54) is 0 Å². The Kier molecular flexibility index (Phi) is 6.86. The number of carbonyl (C=O) groups excluding carboxylic acids is 3. The summed E-state index contributed by atoms with van der Waals surface area (Å²) < 4.78 is 9.46. The number of non-ortho nitro benzene ring substituents is 1. The molecule has 1 aromatic carbocycles. The molecule has 0 heterocycles. The Morgan fingerprint density at radius 3 is 2.37 bits per heavy atom. The standard InChI is InChI=1S/C18H22N2O7/c1-11-5-3-4-6-15(11)19-16(21)10-27-18(23)13-7-12(17(22)26-2)8-14(9-13)20(24)25/h7-9,11,15H,3-6,10H2,1-2H3,(H,19,21)/t11-,15-/m0/s1. The Balaban J connectivity index is 2.02. The summed E-state index contributed by atoms with van der Waals surface area (Å²) in [6, 6.07) is 3.16. The molecule has 1 aliphatic carbocycles. The molecular weight excluding hydrogens is 356 g/mol. The number of hydrogen-bond donors (Lipinski definition) is 1. The molecule has 9 nitrogen and oxygen atoms in total. The van der Waals surface area contributed by atoms with E-state index < -0.39 is 35.1 Å². The van der Waals surface area contributed by atoms with Gasteiger partial charge < -0.3 is 14.8 Å². The largest absolute Gasteiger partial charge is 0.465 e. The molecule has 0 saturated heterocycles. The average molecular weight is 378 g/mol. The highest BCUT2D eigenvalue weighted by Crippen LogP contribution is 2.23. The van der Waals surface area contributed by atoms with E-state index in [-0.39, 0.29) is 17.2 Å². The first-order valence-electron chi connectivity index (χ1n) is 8.66. The zero-order chi connectivity index (χ0) is 20.0. The molecule has 1 N–H and O–H groups in total. The van der Waals surface area contributed by atoms with Gasteiger partial charge in [0.1, 0.15) is 0 Å². The summed E-state index contributed by atoms with van der Waals surface area (Å²) in [5.74, 6) is -1.83. The van der Waals surface area contributed by atoms with Gasteiger partial charge in [-0.15, -0.1) is 0 Å². The van der Waals surface area contributed by atoms with E-state index in [9.17, 15) is 24.5 Å². The van der Waals surface area contributed by atoms with Crippen LogP contribution in [0, 0.1) is 16.0 Å². The molecule has 2 atom stereocenters. The maximum atomic E-state index is 12.2. The van der Waals surface area contributed by atoms with Crippen molar-refractivity contribution in [2.24, 2.45) is 5.92 Å². The van der Waals surface area contributed by atoms with Crippen LogP contribution in [0.25, 0.3) is 0 Å². The van der Waals surface area contributed by atoms with Crippen molar-refractivity contribution in [3.05, 3.63) is 39.4 Å². The molecular formula is C18H22N2O7. The molecule has 1 aliphatic rings. The topological polar surface area (TPSA) is 125 Å². The molecule has 1 amide bonds. The van der Waals surface area contributed by atoms with E-state index >= 15 is 0 Å². The minimum Gasteiger partial charge on any atom is -0.465 e. The van der Waals surface area contributed by atoms with Gasteiger partial charge >= 0.3 is 11.9 Å². The van der Waals surface area contributed by atoms with Gasteiger partial charge in [-0.2, -0.15) is 0 Å². The molecule has 1 fully saturated rings. The highest BCUT2D eigenvalue weighted by molar-refractivity contribution is 5.97. The number of methoxy groups -OCH3 is 1. The van der Waals surface area contributed by atoms with Gasteiger partial charge in [0, 0.05) is 18.2 Å². The number of ether oxygens (including phenoxy) is 2. The van der Waals surface area contributed by atoms with E-state index in [1.807, 2.05) is 0 Å². The van der Waals surface area contributed by atoms with Gasteiger partial charge in [0.05, 0.1) is 23.2 Å². The third-order valence-electron chi connectivity index (χ3n) is 4.58. The van der Waals surface area contributed by atoms with Crippen molar-refractivity contribution in [2.75, 3.05) is 13.7 Å². The van der Waals surface area contributed by atoms with Gasteiger partial charge in [0.15, 0.2) is 6.61 Å². The van der Waals surface area contributed by atoms with E-state index in [0.717, 1.165) is 51.0 Å². The Morgan fingerprint density at radius 1 is 1.15 bits per heavy atom. The summed E-state index contributed by atoms with van der Waals surface area (Å²) >= 11 is 0. The van der Waals surface area contributed by atoms with Gasteiger partial charge in [0.2, 0.25) is 0 Å². The lowest BCUT2D eigenvalue weighted by atomic mass is 9.86. The maximum absolute atomic E-state index is 12.2. The van der Waals surface area contributed by atoms with E-state index in [1.54, 1.807) is 0 Å². The number of rotatable bonds is 6. The third kappa shape index (κ3) is 5.50. The van der Waals surface area contributed by atoms with Gasteiger partial charge in [0.25, 0.3) is 11.6 Å². The number of benzene rings is 1. The van der Waals surface area contributed by atoms with E-state index in [4.69, 9.17) is 4.74 Å². The molecule has 146 valence electrons. The number of nitrogens with one attached hydrogen (secondary N) is 1. The Hall–Kier alpha value is -2.97. The number of amides is 1. The van der Waals surface area contributed by atoms with Crippen LogP contribution < -0.4 is 5.32 Å². The first kappa shape index (κ1) is 20.3. The second-order valence-electron chi connectivity index (χ2n) is 6.53. The molecule has 0 aromatic heterocycles. The molecule has 0 radical (unpaired) electrons. The molecule has 0 spiro atoms. The molecule has 0 bridgehead atoms. The number of nitro groups is 1. The van der Waals surface area contributed by atoms with Crippen LogP contribution in [0.3, 0.4) is 0 Å². The second-order valence-corrected chi connectivity index (χ2v) is 6.53. The van der Waals surface area contributed by atoms with Crippen LogP contribution >= 0.6 is 0 Å². The van der Waals surface area contributed by atoms with Crippen LogP contribution in [-0.4, -0.2) is 42.5 Å². The van der Waals surface area contributed by atoms with Gasteiger partial charge in [-0.1, -0.05) is 19.8 Å². The number of hydrogen-bond acceptors (Lipinski definition) is 7. The number of carbonyl (C=O) groups is 3. The number of nitrogens with zero attached hydrogens (tertiary/aromatic N) is 1. The highest BCUT2D eigenvalue weighted by atomic mass is 16.6. The summed E-state index contributed by atoms with van der Waals surface area (Å²) in [7, 11) is 1.12. The van der Waals surface area contributed by atoms with E-state index in [2.05, 4.69) is 17.0 Å². The minimum atomic E-state index is -0.935. The molecule has 27 heavy (non-hydrogen) atoms. The van der Waals surface area contributed by atoms with Gasteiger partial charge in [-0.05, 0) is 24.8 Å². The minimum absolute atomic E-state index is 0.0497. The summed E-state index contributed by atoms with van der Waals surface area (Å²) in [5.41, 5.74) is -0.812. The van der Waals surface area contributed by atoms with Crippen molar-refractivity contribution in [1.29, 1.82) is 0 Å². The smallest absolute Gasteiger partial charge is 0.338 e. The van der Waals surface area contributed by atoms with Crippen LogP contribution in [0.1, 0.15) is 53.3 Å². The SMILES string of the molecule is COC(=O)c1cc(C(=O)OCC(=O)N[C@H]2CCCC[C@@H]2C)cc([N+](=O)[O-])c1. The fourth-order valence-corrected chi connectivity index (χ4v) is 3.06. The van der Waals surface area contributed by atoms with Crippen molar-refractivity contribution < 1.29 is 28.8 Å². The maximum Gasteiger partial charge on any atom is 0.338 e. The normalized spacial score (nSPS) is 19.0. The fraction of sp³-hybridized carbons (Fsp3) is 0.500. The van der Waals surface area contributed by atoms with Crippen LogP contribution in [0.5, 0.6) is 0 Å². The predicted octanol–water partition coefficient (Wildman–Crippen LogP) is 2.23. The number of esters is 2. The van der Waals surface area contributed by atoms with Gasteiger partial charge in [-0.3, -0.25) is 14.9 Å². The molecule has 0 aliphatic heterocycles. The molecule has 9 heteroatoms. The quantitative estimate of drug-likeness (QED) is 0.457. The molecule has 0 unspecified atom stereocenters. The van der Waals surface area contributed by atoms with Crippen molar-refractivity contribution in [1.82, 2.24) is 5.32 Å². The monoisotopic (exact) mass is 378 g/mol. The van der Waals surface area contributed by atoms with Crippen LogP contribution in [0.2, 0.25) is 0 Å². The summed E-state index contributed by atoms with van der Waals surface area (Å²) in [6.07, 6.45) is 4.10. The fourth-order valence-electron chi connectivity index (χ4n) is 3.06. The summed E-state index contributed by atoms with van der Waals surface area (Å²) in [5, 5.41) is 13.8. The Bertz CT molecular complexity index is 747. The molecule has 2 rings (SSSR count). The third-order valence-corrected chi connectivity index (χ3v) is 4.58. The lowest BCUT2D eigenvalue weighted by molar-refractivity contribution is -0.384. The summed E-state index contributed by atoms with van der Waals surface area (Å²) in [4.78, 5) is 46.1. The number of nitro benzene ring substituents is 1. The van der Waals surface area contributed by atoms with Crippen LogP contribution in [-0.2, 0) is 14.3 Å². The Labute approximate surface area is 156 Å². The molecule has 1 aromatic rings. The first-order chi connectivity index (χ1) is 12.8. The van der Waals surface area contributed by atoms with Crippen molar-refractivity contribution >= 4 is 23.5 Å². The van der Waals surface area contributed by atoms with E-state index in [0.29, 0.717) is 5.92 Å². The lowest BCUT2D eigenvalue weighted by Gasteiger charge is -2.29. The van der Waals surface area contributed by atoms with Crippen molar-refractivity contribution in [3.63, 3.8) is 0 Å². The second kappa shape index (κ2) is 9.11. The zero-order valence-corrected chi connectivity index (χ0v) is 15.2. The lowest BCUT2D eigenvalue weighted by Crippen LogP contribution is -2.42. The predicted molar refractivity (Wildman–Crippen MR) is 94.3 cm³/mol. The average Bonchev–Trinajstić information content (AvgIpc) is 2.66. The van der Waals surface area contributed by atoms with Crippen molar-refractivity contribution in [2.45, 2.75) is 38.6 Å². The summed E-state index contributed by atoms with van der Waals surface area (Å²) in [6.45, 7) is 1.56.